The molecule has 0 saturated carbocycles. The summed E-state index contributed by atoms with van der Waals surface area (Å²) in [5.41, 5.74) is 0.892. The van der Waals surface area contributed by atoms with E-state index in [-0.39, 0.29) is 6.04 Å². The Kier molecular flexibility index (Phi) is 4.09. The molecule has 0 aromatic carbocycles. The van der Waals surface area contributed by atoms with Crippen LogP contribution in [0.15, 0.2) is 12.4 Å². The second-order valence-corrected chi connectivity index (χ2v) is 5.43. The molecule has 19 heavy (non-hydrogen) atoms. The van der Waals surface area contributed by atoms with Gasteiger partial charge < -0.3 is 15.3 Å². The van der Waals surface area contributed by atoms with Crippen molar-refractivity contribution in [2.45, 2.75) is 44.8 Å². The second kappa shape index (κ2) is 5.61. The number of rotatable bonds is 5. The summed E-state index contributed by atoms with van der Waals surface area (Å²) < 4.78 is 1.71. The predicted octanol–water partition coefficient (Wildman–Crippen LogP) is 0.840. The standard InChI is InChI=1S/C13H22N4O2/c1-9(2)14-6-10-4-5-12(13(18)19)17(10)11-7-15-16(3)8-11/h7-10,12,14H,4-6H2,1-3H3,(H,18,19)/t10-,12-/m0/s1. The number of hydrogen-bond donors (Lipinski definition) is 2. The minimum atomic E-state index is -0.754. The lowest BCUT2D eigenvalue weighted by molar-refractivity contribution is -0.138. The molecule has 2 atom stereocenters. The van der Waals surface area contributed by atoms with Gasteiger partial charge in [0.15, 0.2) is 0 Å². The maximum absolute atomic E-state index is 11.4. The molecule has 1 aliphatic heterocycles. The molecule has 2 N–H and O–H groups in total. The van der Waals surface area contributed by atoms with Crippen molar-refractivity contribution < 1.29 is 9.90 Å². The Labute approximate surface area is 113 Å². The first-order valence-corrected chi connectivity index (χ1v) is 6.72. The highest BCUT2D eigenvalue weighted by Gasteiger charge is 2.38. The Morgan fingerprint density at radius 2 is 2.32 bits per heavy atom. The molecule has 2 rings (SSSR count). The molecule has 1 aromatic rings. The first kappa shape index (κ1) is 13.9. The van der Waals surface area contributed by atoms with Gasteiger partial charge in [0.05, 0.1) is 11.9 Å². The highest BCUT2D eigenvalue weighted by Crippen LogP contribution is 2.30. The van der Waals surface area contributed by atoms with Crippen molar-refractivity contribution in [3.05, 3.63) is 12.4 Å². The normalized spacial score (nSPS) is 23.3. The Bertz CT molecular complexity index is 444. The summed E-state index contributed by atoms with van der Waals surface area (Å²) in [6.45, 7) is 4.99. The molecule has 1 aromatic heterocycles. The van der Waals surface area contributed by atoms with Crippen molar-refractivity contribution in [2.24, 2.45) is 7.05 Å². The van der Waals surface area contributed by atoms with Crippen molar-refractivity contribution >= 4 is 11.7 Å². The fraction of sp³-hybridized carbons (Fsp3) is 0.692. The minimum absolute atomic E-state index is 0.215. The van der Waals surface area contributed by atoms with Crippen LogP contribution in [0, 0.1) is 0 Å². The van der Waals surface area contributed by atoms with E-state index >= 15 is 0 Å². The lowest BCUT2D eigenvalue weighted by Crippen LogP contribution is -2.46. The number of aliphatic carboxylic acids is 1. The quantitative estimate of drug-likeness (QED) is 0.826. The van der Waals surface area contributed by atoms with Crippen LogP contribution in [0.3, 0.4) is 0 Å². The molecular formula is C13H22N4O2. The van der Waals surface area contributed by atoms with Gasteiger partial charge in [-0.25, -0.2) is 4.79 Å². The fourth-order valence-electron chi connectivity index (χ4n) is 2.63. The number of carboxylic acid groups (broad SMARTS) is 1. The Morgan fingerprint density at radius 3 is 2.84 bits per heavy atom. The Balaban J connectivity index is 2.17. The van der Waals surface area contributed by atoms with E-state index in [2.05, 4.69) is 24.3 Å². The average molecular weight is 266 g/mol. The van der Waals surface area contributed by atoms with Crippen LogP contribution in [-0.4, -0.2) is 45.5 Å². The van der Waals surface area contributed by atoms with Crippen molar-refractivity contribution in [2.75, 3.05) is 11.4 Å². The van der Waals surface area contributed by atoms with Crippen LogP contribution in [0.2, 0.25) is 0 Å². The number of nitrogens with zero attached hydrogens (tertiary/aromatic N) is 3. The van der Waals surface area contributed by atoms with E-state index in [1.807, 2.05) is 18.1 Å². The summed E-state index contributed by atoms with van der Waals surface area (Å²) in [6.07, 6.45) is 5.20. The third-order valence-corrected chi connectivity index (χ3v) is 3.54. The van der Waals surface area contributed by atoms with E-state index in [1.54, 1.807) is 10.9 Å². The number of carbonyl (C=O) groups is 1. The van der Waals surface area contributed by atoms with Gasteiger partial charge in [-0.15, -0.1) is 0 Å². The van der Waals surface area contributed by atoms with E-state index in [1.165, 1.54) is 0 Å². The maximum atomic E-state index is 11.4. The molecule has 1 fully saturated rings. The van der Waals surface area contributed by atoms with Crippen LogP contribution in [0.25, 0.3) is 0 Å². The second-order valence-electron chi connectivity index (χ2n) is 5.43. The molecule has 0 radical (unpaired) electrons. The summed E-state index contributed by atoms with van der Waals surface area (Å²) in [6, 6.07) is 0.176. The lowest BCUT2D eigenvalue weighted by atomic mass is 10.2. The van der Waals surface area contributed by atoms with Gasteiger partial charge in [-0.3, -0.25) is 4.68 Å². The third kappa shape index (κ3) is 3.07. The zero-order chi connectivity index (χ0) is 14.0. The molecule has 0 unspecified atom stereocenters. The number of aromatic nitrogens is 2. The zero-order valence-electron chi connectivity index (χ0n) is 11.7. The third-order valence-electron chi connectivity index (χ3n) is 3.54. The minimum Gasteiger partial charge on any atom is -0.480 e. The first-order chi connectivity index (χ1) is 8.99. The van der Waals surface area contributed by atoms with Gasteiger partial charge in [-0.05, 0) is 12.8 Å². The summed E-state index contributed by atoms with van der Waals surface area (Å²) in [4.78, 5) is 13.4. The van der Waals surface area contributed by atoms with Gasteiger partial charge >= 0.3 is 5.97 Å². The largest absolute Gasteiger partial charge is 0.480 e. The first-order valence-electron chi connectivity index (χ1n) is 6.72. The summed E-state index contributed by atoms with van der Waals surface area (Å²) >= 11 is 0. The highest BCUT2D eigenvalue weighted by atomic mass is 16.4. The molecule has 6 heteroatoms. The highest BCUT2D eigenvalue weighted by molar-refractivity contribution is 5.79. The van der Waals surface area contributed by atoms with Gasteiger partial charge in [-0.2, -0.15) is 5.10 Å². The molecule has 0 aliphatic carbocycles. The molecular weight excluding hydrogens is 244 g/mol. The fourth-order valence-corrected chi connectivity index (χ4v) is 2.63. The molecule has 0 bridgehead atoms. The Morgan fingerprint density at radius 1 is 1.58 bits per heavy atom. The van der Waals surface area contributed by atoms with Crippen LogP contribution in [0.4, 0.5) is 5.69 Å². The van der Waals surface area contributed by atoms with E-state index in [0.29, 0.717) is 12.5 Å². The summed E-state index contributed by atoms with van der Waals surface area (Å²) in [5.74, 6) is -0.754. The summed E-state index contributed by atoms with van der Waals surface area (Å²) in [5, 5.41) is 16.9. The van der Waals surface area contributed by atoms with Crippen LogP contribution in [-0.2, 0) is 11.8 Å². The topological polar surface area (TPSA) is 70.4 Å². The number of nitrogens with one attached hydrogen (secondary N) is 1. The average Bonchev–Trinajstić information content (AvgIpc) is 2.91. The molecule has 6 nitrogen and oxygen atoms in total. The zero-order valence-corrected chi connectivity index (χ0v) is 11.7. The van der Waals surface area contributed by atoms with Gasteiger partial charge in [-0.1, -0.05) is 13.8 Å². The van der Waals surface area contributed by atoms with Crippen molar-refractivity contribution in [1.29, 1.82) is 0 Å². The summed E-state index contributed by atoms with van der Waals surface area (Å²) in [7, 11) is 1.84. The number of carboxylic acids is 1. The maximum Gasteiger partial charge on any atom is 0.326 e. The van der Waals surface area contributed by atoms with Crippen LogP contribution >= 0.6 is 0 Å². The van der Waals surface area contributed by atoms with Gasteiger partial charge in [0.1, 0.15) is 6.04 Å². The lowest BCUT2D eigenvalue weighted by Gasteiger charge is -2.29. The van der Waals surface area contributed by atoms with Crippen LogP contribution < -0.4 is 10.2 Å². The molecule has 0 amide bonds. The molecule has 1 aliphatic rings. The van der Waals surface area contributed by atoms with Crippen molar-refractivity contribution in [3.63, 3.8) is 0 Å². The van der Waals surface area contributed by atoms with Gasteiger partial charge in [0.2, 0.25) is 0 Å². The number of hydrogen-bond acceptors (Lipinski definition) is 4. The van der Waals surface area contributed by atoms with Gasteiger partial charge in [0, 0.05) is 31.9 Å². The number of aryl methyl sites for hydroxylation is 1. The SMILES string of the molecule is CC(C)NC[C@@H]1CC[C@@H](C(=O)O)N1c1cnn(C)c1. The van der Waals surface area contributed by atoms with Crippen LogP contribution in [0.1, 0.15) is 26.7 Å². The smallest absolute Gasteiger partial charge is 0.326 e. The van der Waals surface area contributed by atoms with E-state index < -0.39 is 12.0 Å². The molecule has 2 heterocycles. The monoisotopic (exact) mass is 266 g/mol. The predicted molar refractivity (Wildman–Crippen MR) is 73.3 cm³/mol. The van der Waals surface area contributed by atoms with E-state index in [9.17, 15) is 9.90 Å². The van der Waals surface area contributed by atoms with Crippen molar-refractivity contribution in [3.8, 4) is 0 Å². The van der Waals surface area contributed by atoms with E-state index in [4.69, 9.17) is 0 Å². The van der Waals surface area contributed by atoms with Crippen LogP contribution in [0.5, 0.6) is 0 Å². The van der Waals surface area contributed by atoms with Gasteiger partial charge in [0.25, 0.3) is 0 Å². The molecule has 106 valence electrons. The molecule has 1 saturated heterocycles. The Hall–Kier alpha value is -1.56. The number of anilines is 1. The van der Waals surface area contributed by atoms with Crippen molar-refractivity contribution in [1.82, 2.24) is 15.1 Å². The molecule has 0 spiro atoms. The van der Waals surface area contributed by atoms with E-state index in [0.717, 1.165) is 18.7 Å².